The van der Waals surface area contributed by atoms with Crippen molar-refractivity contribution in [3.63, 3.8) is 0 Å². The minimum atomic E-state index is -1.01. The first-order valence-electron chi connectivity index (χ1n) is 5.53. The van der Waals surface area contributed by atoms with Crippen molar-refractivity contribution >= 4 is 27.6 Å². The van der Waals surface area contributed by atoms with Gasteiger partial charge in [0.1, 0.15) is 5.54 Å². The average Bonchev–Trinajstić information content (AvgIpc) is 2.30. The normalized spacial score (nSPS) is 11.6. The second-order valence-corrected chi connectivity index (χ2v) is 5.61. The average molecular weight is 331 g/mol. The largest absolute Gasteiger partial charge is 0.480 e. The molecule has 0 amide bonds. The molecule has 0 aliphatic carbocycles. The van der Waals surface area contributed by atoms with E-state index >= 15 is 0 Å². The van der Waals surface area contributed by atoms with Crippen molar-refractivity contribution in [1.82, 2.24) is 4.90 Å². The number of halogens is 1. The number of nitro groups is 1. The van der Waals surface area contributed by atoms with Crippen LogP contribution in [-0.2, 0) is 11.3 Å². The Labute approximate surface area is 119 Å². The first-order valence-corrected chi connectivity index (χ1v) is 6.33. The quantitative estimate of drug-likeness (QED) is 0.662. The van der Waals surface area contributed by atoms with Crippen LogP contribution in [0.25, 0.3) is 0 Å². The van der Waals surface area contributed by atoms with Crippen molar-refractivity contribution in [1.29, 1.82) is 0 Å². The molecular weight excluding hydrogens is 316 g/mol. The van der Waals surface area contributed by atoms with Crippen LogP contribution in [0, 0.1) is 10.1 Å². The number of likely N-dealkylation sites (N-methyl/N-ethyl adjacent to an activating group) is 1. The number of benzene rings is 1. The number of carbonyl (C=O) groups is 1. The highest BCUT2D eigenvalue weighted by Gasteiger charge is 2.32. The minimum absolute atomic E-state index is 0.00391. The van der Waals surface area contributed by atoms with Gasteiger partial charge in [-0.3, -0.25) is 19.8 Å². The molecule has 0 aliphatic heterocycles. The summed E-state index contributed by atoms with van der Waals surface area (Å²) >= 11 is 3.27. The molecule has 6 nitrogen and oxygen atoms in total. The van der Waals surface area contributed by atoms with Gasteiger partial charge in [-0.2, -0.15) is 0 Å². The molecule has 0 bridgehead atoms. The lowest BCUT2D eigenvalue weighted by molar-refractivity contribution is -0.384. The Hall–Kier alpha value is -1.47. The number of carboxylic acids is 1. The van der Waals surface area contributed by atoms with Gasteiger partial charge in [-0.25, -0.2) is 0 Å². The lowest BCUT2D eigenvalue weighted by Crippen LogP contribution is -2.47. The zero-order valence-electron chi connectivity index (χ0n) is 10.9. The number of rotatable bonds is 5. The van der Waals surface area contributed by atoms with Gasteiger partial charge in [0, 0.05) is 23.2 Å². The summed E-state index contributed by atoms with van der Waals surface area (Å²) < 4.78 is 0.592. The number of carboxylic acid groups (broad SMARTS) is 1. The van der Waals surface area contributed by atoms with Crippen LogP contribution >= 0.6 is 15.9 Å². The van der Waals surface area contributed by atoms with E-state index in [2.05, 4.69) is 15.9 Å². The summed E-state index contributed by atoms with van der Waals surface area (Å²) in [5.74, 6) is -0.923. The van der Waals surface area contributed by atoms with Crippen molar-refractivity contribution < 1.29 is 14.8 Å². The van der Waals surface area contributed by atoms with Crippen molar-refractivity contribution in [2.24, 2.45) is 0 Å². The van der Waals surface area contributed by atoms with E-state index in [0.717, 1.165) is 5.56 Å². The third-order valence-corrected chi connectivity index (χ3v) is 3.87. The van der Waals surface area contributed by atoms with Crippen LogP contribution in [0.15, 0.2) is 22.7 Å². The van der Waals surface area contributed by atoms with Crippen molar-refractivity contribution in [3.05, 3.63) is 38.3 Å². The summed E-state index contributed by atoms with van der Waals surface area (Å²) in [6.45, 7) is 3.58. The Morgan fingerprint density at radius 3 is 2.53 bits per heavy atom. The first kappa shape index (κ1) is 15.6. The van der Waals surface area contributed by atoms with E-state index in [4.69, 9.17) is 5.11 Å². The van der Waals surface area contributed by atoms with Gasteiger partial charge in [0.25, 0.3) is 5.69 Å². The highest BCUT2D eigenvalue weighted by atomic mass is 79.9. The maximum absolute atomic E-state index is 11.1. The molecule has 0 saturated heterocycles. The lowest BCUT2D eigenvalue weighted by atomic mass is 10.0. The van der Waals surface area contributed by atoms with E-state index in [9.17, 15) is 14.9 Å². The topological polar surface area (TPSA) is 83.7 Å². The molecule has 1 rings (SSSR count). The smallest absolute Gasteiger partial charge is 0.323 e. The highest BCUT2D eigenvalue weighted by molar-refractivity contribution is 9.10. The molecule has 0 aliphatic rings. The summed E-state index contributed by atoms with van der Waals surface area (Å²) in [6, 6.07) is 4.44. The summed E-state index contributed by atoms with van der Waals surface area (Å²) in [4.78, 5) is 23.0. The Kier molecular flexibility index (Phi) is 4.65. The van der Waals surface area contributed by atoms with Gasteiger partial charge in [0.15, 0.2) is 0 Å². The summed E-state index contributed by atoms with van der Waals surface area (Å²) in [6.07, 6.45) is 0. The van der Waals surface area contributed by atoms with Crippen LogP contribution in [0.5, 0.6) is 0 Å². The molecule has 0 atom stereocenters. The molecule has 7 heteroatoms. The van der Waals surface area contributed by atoms with Crippen LogP contribution in [0.1, 0.15) is 19.4 Å². The second kappa shape index (κ2) is 5.66. The molecular formula is C12H15BrN2O4. The highest BCUT2D eigenvalue weighted by Crippen LogP contribution is 2.25. The van der Waals surface area contributed by atoms with Crippen molar-refractivity contribution in [3.8, 4) is 0 Å². The van der Waals surface area contributed by atoms with E-state index in [1.54, 1.807) is 31.9 Å². The molecule has 1 aromatic rings. The van der Waals surface area contributed by atoms with Crippen molar-refractivity contribution in [2.75, 3.05) is 7.05 Å². The number of aliphatic carboxylic acids is 1. The van der Waals surface area contributed by atoms with E-state index in [1.807, 2.05) is 0 Å². The number of non-ortho nitro benzene ring substituents is 1. The standard InChI is InChI=1S/C12H15BrN2O4/c1-12(2,11(16)17)14(3)7-8-4-5-9(15(18)19)6-10(8)13/h4-6H,7H2,1-3H3,(H,16,17). The van der Waals surface area contributed by atoms with Gasteiger partial charge in [-0.1, -0.05) is 15.9 Å². The molecule has 0 heterocycles. The number of nitro benzene ring substituents is 1. The van der Waals surface area contributed by atoms with Crippen LogP contribution in [0.2, 0.25) is 0 Å². The Balaban J connectivity index is 2.95. The van der Waals surface area contributed by atoms with Crippen LogP contribution in [0.3, 0.4) is 0 Å². The summed E-state index contributed by atoms with van der Waals surface area (Å²) in [7, 11) is 1.70. The Morgan fingerprint density at radius 2 is 2.11 bits per heavy atom. The molecule has 0 spiro atoms. The SMILES string of the molecule is CN(Cc1ccc([N+](=O)[O-])cc1Br)C(C)(C)C(=O)O. The number of hydrogen-bond acceptors (Lipinski definition) is 4. The molecule has 1 N–H and O–H groups in total. The second-order valence-electron chi connectivity index (χ2n) is 4.75. The van der Waals surface area contributed by atoms with Gasteiger partial charge in [0.05, 0.1) is 4.92 Å². The summed E-state index contributed by atoms with van der Waals surface area (Å²) in [5, 5.41) is 19.8. The van der Waals surface area contributed by atoms with E-state index in [0.29, 0.717) is 11.0 Å². The van der Waals surface area contributed by atoms with E-state index in [-0.39, 0.29) is 5.69 Å². The molecule has 0 unspecified atom stereocenters. The zero-order valence-corrected chi connectivity index (χ0v) is 12.5. The maximum atomic E-state index is 11.1. The molecule has 19 heavy (non-hydrogen) atoms. The maximum Gasteiger partial charge on any atom is 0.323 e. The fourth-order valence-corrected chi connectivity index (χ4v) is 1.89. The van der Waals surface area contributed by atoms with E-state index < -0.39 is 16.4 Å². The van der Waals surface area contributed by atoms with Crippen LogP contribution < -0.4 is 0 Å². The van der Waals surface area contributed by atoms with Crippen LogP contribution in [-0.4, -0.2) is 33.5 Å². The van der Waals surface area contributed by atoms with E-state index in [1.165, 1.54) is 12.1 Å². The Bertz CT molecular complexity index is 516. The summed E-state index contributed by atoms with van der Waals surface area (Å²) in [5.41, 5.74) is -0.223. The van der Waals surface area contributed by atoms with Gasteiger partial charge < -0.3 is 5.11 Å². The van der Waals surface area contributed by atoms with Gasteiger partial charge >= 0.3 is 5.97 Å². The van der Waals surface area contributed by atoms with Crippen LogP contribution in [0.4, 0.5) is 5.69 Å². The molecule has 0 saturated carbocycles. The van der Waals surface area contributed by atoms with Gasteiger partial charge in [0.2, 0.25) is 0 Å². The van der Waals surface area contributed by atoms with Gasteiger partial charge in [-0.15, -0.1) is 0 Å². The zero-order chi connectivity index (χ0) is 14.8. The van der Waals surface area contributed by atoms with Crippen molar-refractivity contribution in [2.45, 2.75) is 25.9 Å². The fraction of sp³-hybridized carbons (Fsp3) is 0.417. The third kappa shape index (κ3) is 3.51. The monoisotopic (exact) mass is 330 g/mol. The van der Waals surface area contributed by atoms with Gasteiger partial charge in [-0.05, 0) is 32.5 Å². The predicted molar refractivity (Wildman–Crippen MR) is 74.0 cm³/mol. The number of nitrogens with zero attached hydrogens (tertiary/aromatic N) is 2. The molecule has 1 aromatic carbocycles. The first-order chi connectivity index (χ1) is 8.66. The molecule has 0 radical (unpaired) electrons. The predicted octanol–water partition coefficient (Wildman–Crippen LogP) is 2.65. The fourth-order valence-electron chi connectivity index (χ4n) is 1.39. The Morgan fingerprint density at radius 1 is 1.53 bits per heavy atom. The molecule has 0 fully saturated rings. The third-order valence-electron chi connectivity index (χ3n) is 3.13. The minimum Gasteiger partial charge on any atom is -0.480 e. The molecule has 104 valence electrons. The number of hydrogen-bond donors (Lipinski definition) is 1. The molecule has 0 aromatic heterocycles. The lowest BCUT2D eigenvalue weighted by Gasteiger charge is -2.31.